The van der Waals surface area contributed by atoms with Gasteiger partial charge in [-0.25, -0.2) is 4.98 Å². The molecule has 1 aromatic carbocycles. The summed E-state index contributed by atoms with van der Waals surface area (Å²) in [5, 5.41) is 0. The Hall–Kier alpha value is -1.80. The summed E-state index contributed by atoms with van der Waals surface area (Å²) in [6.07, 6.45) is 0.271. The summed E-state index contributed by atoms with van der Waals surface area (Å²) >= 11 is 1.47. The monoisotopic (exact) mass is 397 g/mol. The second kappa shape index (κ2) is 7.67. The van der Waals surface area contributed by atoms with Crippen molar-refractivity contribution < 1.29 is 17.9 Å². The number of nitrogens with zero attached hydrogens (tertiary/aromatic N) is 3. The average Bonchev–Trinajstić information content (AvgIpc) is 2.61. The molecule has 146 valence electrons. The van der Waals surface area contributed by atoms with Crippen LogP contribution < -0.4 is 4.90 Å². The summed E-state index contributed by atoms with van der Waals surface area (Å²) in [5.74, 6) is 0.760. The zero-order valence-corrected chi connectivity index (χ0v) is 16.3. The van der Waals surface area contributed by atoms with Crippen molar-refractivity contribution in [2.75, 3.05) is 25.6 Å². The highest BCUT2D eigenvalue weighted by Crippen LogP contribution is 2.46. The van der Waals surface area contributed by atoms with E-state index in [1.807, 2.05) is 19.0 Å². The first-order valence-corrected chi connectivity index (χ1v) is 9.45. The standard InChI is InChI=1S/C19H22F3N3OS/c1-18(27-14-6-4-5-13(9-14)19(20,21)22)7-8-26-16(10-18)15-11-24-17(12-23-15)25(2)3/h4-6,9,11-12,16H,7-8,10H2,1-3H3. The van der Waals surface area contributed by atoms with Crippen LogP contribution in [0.25, 0.3) is 0 Å². The summed E-state index contributed by atoms with van der Waals surface area (Å²) in [6.45, 7) is 2.60. The molecule has 2 heterocycles. The maximum absolute atomic E-state index is 13.0. The van der Waals surface area contributed by atoms with Gasteiger partial charge in [0, 0.05) is 30.3 Å². The van der Waals surface area contributed by atoms with Gasteiger partial charge in [-0.3, -0.25) is 4.98 Å². The van der Waals surface area contributed by atoms with E-state index in [-0.39, 0.29) is 10.9 Å². The number of thioether (sulfide) groups is 1. The number of hydrogen-bond acceptors (Lipinski definition) is 5. The van der Waals surface area contributed by atoms with Gasteiger partial charge in [0.1, 0.15) is 11.9 Å². The van der Waals surface area contributed by atoms with E-state index in [4.69, 9.17) is 4.74 Å². The van der Waals surface area contributed by atoms with Gasteiger partial charge in [0.2, 0.25) is 0 Å². The predicted octanol–water partition coefficient (Wildman–Crippen LogP) is 4.96. The quantitative estimate of drug-likeness (QED) is 0.729. The van der Waals surface area contributed by atoms with Crippen LogP contribution >= 0.6 is 11.8 Å². The van der Waals surface area contributed by atoms with Gasteiger partial charge in [0.25, 0.3) is 0 Å². The first-order valence-electron chi connectivity index (χ1n) is 8.63. The van der Waals surface area contributed by atoms with Crippen molar-refractivity contribution in [3.8, 4) is 0 Å². The number of rotatable bonds is 4. The minimum Gasteiger partial charge on any atom is -0.372 e. The van der Waals surface area contributed by atoms with Crippen LogP contribution in [0.3, 0.4) is 0 Å². The first kappa shape index (κ1) is 19.9. The lowest BCUT2D eigenvalue weighted by Gasteiger charge is -2.37. The topological polar surface area (TPSA) is 38.2 Å². The molecule has 0 spiro atoms. The van der Waals surface area contributed by atoms with Crippen LogP contribution in [0.1, 0.15) is 37.1 Å². The Kier molecular flexibility index (Phi) is 5.67. The fourth-order valence-corrected chi connectivity index (χ4v) is 4.32. The number of aromatic nitrogens is 2. The molecule has 1 aliphatic heterocycles. The number of ether oxygens (including phenoxy) is 1. The maximum atomic E-state index is 13.0. The number of halogens is 3. The summed E-state index contributed by atoms with van der Waals surface area (Å²) in [6, 6.07) is 5.49. The van der Waals surface area contributed by atoms with Crippen molar-refractivity contribution in [1.29, 1.82) is 0 Å². The van der Waals surface area contributed by atoms with Crippen LogP contribution in [-0.4, -0.2) is 35.4 Å². The predicted molar refractivity (Wildman–Crippen MR) is 100.0 cm³/mol. The van der Waals surface area contributed by atoms with E-state index >= 15 is 0 Å². The molecule has 0 bridgehead atoms. The Labute approximate surface area is 161 Å². The van der Waals surface area contributed by atoms with Crippen LogP contribution in [-0.2, 0) is 10.9 Å². The third-order valence-corrected chi connectivity index (χ3v) is 5.89. The number of anilines is 1. The van der Waals surface area contributed by atoms with E-state index in [2.05, 4.69) is 16.9 Å². The molecule has 0 radical (unpaired) electrons. The third kappa shape index (κ3) is 4.93. The van der Waals surface area contributed by atoms with E-state index in [0.717, 1.165) is 24.0 Å². The molecule has 2 unspecified atom stereocenters. The van der Waals surface area contributed by atoms with E-state index in [1.165, 1.54) is 23.9 Å². The van der Waals surface area contributed by atoms with Crippen molar-refractivity contribution in [3.63, 3.8) is 0 Å². The molecular formula is C19H22F3N3OS. The van der Waals surface area contributed by atoms with Crippen LogP contribution in [0.4, 0.5) is 19.0 Å². The van der Waals surface area contributed by atoms with Crippen molar-refractivity contribution in [3.05, 3.63) is 47.9 Å². The molecule has 3 rings (SSSR count). The summed E-state index contributed by atoms with van der Waals surface area (Å²) < 4.78 is 44.5. The second-order valence-corrected chi connectivity index (χ2v) is 8.75. The molecule has 0 saturated carbocycles. The third-order valence-electron chi connectivity index (χ3n) is 4.54. The zero-order valence-electron chi connectivity index (χ0n) is 15.5. The molecule has 8 heteroatoms. The lowest BCUT2D eigenvalue weighted by atomic mass is 9.95. The SMILES string of the molecule is CN(C)c1cnc(C2CC(C)(Sc3cccc(C(F)(F)F)c3)CCO2)cn1. The molecule has 2 aromatic rings. The first-order chi connectivity index (χ1) is 12.7. The largest absolute Gasteiger partial charge is 0.416 e. The summed E-state index contributed by atoms with van der Waals surface area (Å²) in [5.41, 5.74) is 0.126. The van der Waals surface area contributed by atoms with Crippen LogP contribution in [0, 0.1) is 0 Å². The number of alkyl halides is 3. The van der Waals surface area contributed by atoms with Crippen molar-refractivity contribution in [1.82, 2.24) is 9.97 Å². The Morgan fingerprint density at radius 3 is 2.63 bits per heavy atom. The highest BCUT2D eigenvalue weighted by Gasteiger charge is 2.36. The molecule has 0 amide bonds. The van der Waals surface area contributed by atoms with Gasteiger partial charge in [-0.05, 0) is 38.0 Å². The van der Waals surface area contributed by atoms with Crippen LogP contribution in [0.5, 0.6) is 0 Å². The van der Waals surface area contributed by atoms with E-state index in [1.54, 1.807) is 18.5 Å². The Morgan fingerprint density at radius 2 is 2.00 bits per heavy atom. The summed E-state index contributed by atoms with van der Waals surface area (Å²) in [4.78, 5) is 11.3. The van der Waals surface area contributed by atoms with Crippen LogP contribution in [0.15, 0.2) is 41.6 Å². The molecule has 1 fully saturated rings. The Bertz CT molecular complexity index is 783. The molecule has 27 heavy (non-hydrogen) atoms. The normalized spacial score (nSPS) is 23.3. The highest BCUT2D eigenvalue weighted by molar-refractivity contribution is 8.00. The highest BCUT2D eigenvalue weighted by atomic mass is 32.2. The minimum absolute atomic E-state index is 0.217. The van der Waals surface area contributed by atoms with Gasteiger partial charge >= 0.3 is 6.18 Å². The fourth-order valence-electron chi connectivity index (χ4n) is 3.00. The molecule has 1 aromatic heterocycles. The molecule has 4 nitrogen and oxygen atoms in total. The minimum atomic E-state index is -4.33. The fraction of sp³-hybridized carbons (Fsp3) is 0.474. The molecule has 1 saturated heterocycles. The summed E-state index contributed by atoms with van der Waals surface area (Å²) in [7, 11) is 3.78. The van der Waals surface area contributed by atoms with Crippen LogP contribution in [0.2, 0.25) is 0 Å². The van der Waals surface area contributed by atoms with E-state index < -0.39 is 11.7 Å². The average molecular weight is 397 g/mol. The van der Waals surface area contributed by atoms with E-state index in [9.17, 15) is 13.2 Å². The Balaban J connectivity index is 1.74. The lowest BCUT2D eigenvalue weighted by Crippen LogP contribution is -2.32. The Morgan fingerprint density at radius 1 is 1.22 bits per heavy atom. The molecule has 0 N–H and O–H groups in total. The second-order valence-electron chi connectivity index (χ2n) is 7.09. The maximum Gasteiger partial charge on any atom is 0.416 e. The number of hydrogen-bond donors (Lipinski definition) is 0. The van der Waals surface area contributed by atoms with Gasteiger partial charge in [0.05, 0.1) is 23.7 Å². The van der Waals surface area contributed by atoms with Gasteiger partial charge in [-0.1, -0.05) is 6.07 Å². The smallest absolute Gasteiger partial charge is 0.372 e. The van der Waals surface area contributed by atoms with Crippen molar-refractivity contribution >= 4 is 17.6 Å². The molecule has 1 aliphatic rings. The van der Waals surface area contributed by atoms with Crippen molar-refractivity contribution in [2.24, 2.45) is 0 Å². The van der Waals surface area contributed by atoms with Gasteiger partial charge in [0.15, 0.2) is 0 Å². The van der Waals surface area contributed by atoms with E-state index in [0.29, 0.717) is 17.9 Å². The molecule has 0 aliphatic carbocycles. The van der Waals surface area contributed by atoms with Gasteiger partial charge < -0.3 is 9.64 Å². The van der Waals surface area contributed by atoms with Crippen molar-refractivity contribution in [2.45, 2.75) is 41.7 Å². The molecule has 2 atom stereocenters. The molecular weight excluding hydrogens is 375 g/mol. The van der Waals surface area contributed by atoms with Gasteiger partial charge in [-0.2, -0.15) is 13.2 Å². The number of benzene rings is 1. The lowest BCUT2D eigenvalue weighted by molar-refractivity contribution is -0.137. The zero-order chi connectivity index (χ0) is 19.7. The van der Waals surface area contributed by atoms with Gasteiger partial charge in [-0.15, -0.1) is 11.8 Å².